The SMILES string of the molecule is O=S1(=O)C[C@@H](N(Cc2ccccc2)S(=O)(=O)c2ccc(Br)cc2)[C@H](N(Cc2ccccc2)S(=O)(=O)c2ccc(Br)cc2)C1. The van der Waals surface area contributed by atoms with E-state index in [1.807, 2.05) is 0 Å². The van der Waals surface area contributed by atoms with Gasteiger partial charge in [-0.15, -0.1) is 0 Å². The van der Waals surface area contributed by atoms with Crippen LogP contribution in [0.3, 0.4) is 0 Å². The summed E-state index contributed by atoms with van der Waals surface area (Å²) in [4.78, 5) is -0.0555. The van der Waals surface area contributed by atoms with Gasteiger partial charge in [-0.1, -0.05) is 92.5 Å². The molecule has 5 rings (SSSR count). The van der Waals surface area contributed by atoms with Crippen LogP contribution in [0.1, 0.15) is 11.1 Å². The maximum atomic E-state index is 14.3. The maximum Gasteiger partial charge on any atom is 0.243 e. The Morgan fingerprint density at radius 2 is 0.884 bits per heavy atom. The number of hydrogen-bond donors (Lipinski definition) is 0. The van der Waals surface area contributed by atoms with E-state index in [4.69, 9.17) is 0 Å². The lowest BCUT2D eigenvalue weighted by Crippen LogP contribution is -2.54. The van der Waals surface area contributed by atoms with Gasteiger partial charge in [0.15, 0.2) is 9.84 Å². The van der Waals surface area contributed by atoms with Crippen molar-refractivity contribution in [2.24, 2.45) is 0 Å². The lowest BCUT2D eigenvalue weighted by atomic mass is 10.1. The van der Waals surface area contributed by atoms with Gasteiger partial charge in [0.25, 0.3) is 0 Å². The van der Waals surface area contributed by atoms with Crippen LogP contribution in [0.2, 0.25) is 0 Å². The second-order valence-corrected chi connectivity index (χ2v) is 18.0. The number of halogens is 2. The molecule has 1 saturated heterocycles. The summed E-state index contributed by atoms with van der Waals surface area (Å²) >= 11 is 6.66. The third-order valence-corrected chi connectivity index (χ3v) is 13.8. The fraction of sp³-hybridized carbons (Fsp3) is 0.200. The monoisotopic (exact) mass is 766 g/mol. The molecule has 1 heterocycles. The molecule has 0 saturated carbocycles. The van der Waals surface area contributed by atoms with Crippen molar-refractivity contribution in [3.8, 4) is 0 Å². The zero-order valence-electron chi connectivity index (χ0n) is 22.7. The van der Waals surface area contributed by atoms with E-state index in [1.165, 1.54) is 24.3 Å². The Balaban J connectivity index is 1.67. The fourth-order valence-corrected chi connectivity index (χ4v) is 11.1. The molecule has 2 atom stereocenters. The van der Waals surface area contributed by atoms with E-state index in [-0.39, 0.29) is 22.9 Å². The molecule has 226 valence electrons. The van der Waals surface area contributed by atoms with Crippen LogP contribution in [-0.2, 0) is 43.0 Å². The normalized spacial score (nSPS) is 18.7. The first kappa shape index (κ1) is 32.0. The molecular weight excluding hydrogens is 740 g/mol. The number of sulfonamides is 2. The van der Waals surface area contributed by atoms with E-state index >= 15 is 0 Å². The van der Waals surface area contributed by atoms with Crippen molar-refractivity contribution in [3.63, 3.8) is 0 Å². The Hall–Kier alpha value is -2.39. The molecule has 1 fully saturated rings. The van der Waals surface area contributed by atoms with Gasteiger partial charge >= 0.3 is 0 Å². The maximum absolute atomic E-state index is 14.3. The fourth-order valence-electron chi connectivity index (χ4n) is 5.13. The molecular formula is C30H28Br2N2O6S3. The summed E-state index contributed by atoms with van der Waals surface area (Å²) < 4.78 is 87.4. The second kappa shape index (κ2) is 12.9. The van der Waals surface area contributed by atoms with Gasteiger partial charge in [-0.2, -0.15) is 8.61 Å². The minimum absolute atomic E-state index is 0.0277. The van der Waals surface area contributed by atoms with Crippen molar-refractivity contribution in [1.82, 2.24) is 8.61 Å². The van der Waals surface area contributed by atoms with Gasteiger partial charge in [-0.3, -0.25) is 0 Å². The highest BCUT2D eigenvalue weighted by Gasteiger charge is 2.50. The molecule has 8 nitrogen and oxygen atoms in total. The lowest BCUT2D eigenvalue weighted by molar-refractivity contribution is 0.219. The van der Waals surface area contributed by atoms with E-state index < -0.39 is 53.5 Å². The molecule has 0 unspecified atom stereocenters. The molecule has 4 aromatic rings. The Morgan fingerprint density at radius 1 is 0.558 bits per heavy atom. The van der Waals surface area contributed by atoms with E-state index in [0.29, 0.717) is 20.1 Å². The summed E-state index contributed by atoms with van der Waals surface area (Å²) in [6, 6.07) is 27.4. The average molecular weight is 769 g/mol. The number of hydrogen-bond acceptors (Lipinski definition) is 6. The smallest absolute Gasteiger partial charge is 0.229 e. The van der Waals surface area contributed by atoms with E-state index in [1.54, 1.807) is 84.9 Å². The van der Waals surface area contributed by atoms with Crippen molar-refractivity contribution >= 4 is 61.7 Å². The number of sulfone groups is 1. The van der Waals surface area contributed by atoms with Crippen LogP contribution in [0.4, 0.5) is 0 Å². The first-order chi connectivity index (χ1) is 20.4. The topological polar surface area (TPSA) is 109 Å². The Morgan fingerprint density at radius 3 is 1.21 bits per heavy atom. The molecule has 0 radical (unpaired) electrons. The van der Waals surface area contributed by atoms with Crippen LogP contribution in [0.15, 0.2) is 128 Å². The Kier molecular flexibility index (Phi) is 9.62. The van der Waals surface area contributed by atoms with Gasteiger partial charge in [0.1, 0.15) is 0 Å². The standard InChI is InChI=1S/C30H28Br2N2O6S3/c31-25-11-15-27(16-12-25)42(37,38)33(19-23-7-3-1-4-8-23)29-21-41(35,36)22-30(29)34(20-24-9-5-2-6-10-24)43(39,40)28-17-13-26(32)14-18-28/h1-18,29-30H,19-22H2/t29-,30-/m1/s1. The van der Waals surface area contributed by atoms with Gasteiger partial charge in [-0.25, -0.2) is 25.3 Å². The summed E-state index contributed by atoms with van der Waals surface area (Å²) in [5.41, 5.74) is 1.27. The van der Waals surface area contributed by atoms with Gasteiger partial charge in [0.2, 0.25) is 20.0 Å². The van der Waals surface area contributed by atoms with Crippen LogP contribution >= 0.6 is 31.9 Å². The highest BCUT2D eigenvalue weighted by atomic mass is 79.9. The molecule has 4 aromatic carbocycles. The number of benzene rings is 4. The summed E-state index contributed by atoms with van der Waals surface area (Å²) in [6.07, 6.45) is 0. The van der Waals surface area contributed by atoms with Crippen molar-refractivity contribution in [3.05, 3.63) is 129 Å². The summed E-state index contributed by atoms with van der Waals surface area (Å²) in [5.74, 6) is -1.05. The third-order valence-electron chi connectivity index (χ3n) is 7.24. The van der Waals surface area contributed by atoms with Crippen molar-refractivity contribution in [1.29, 1.82) is 0 Å². The number of rotatable bonds is 10. The molecule has 13 heteroatoms. The van der Waals surface area contributed by atoms with Crippen LogP contribution < -0.4 is 0 Å². The van der Waals surface area contributed by atoms with Crippen molar-refractivity contribution in [2.45, 2.75) is 35.0 Å². The molecule has 43 heavy (non-hydrogen) atoms. The zero-order valence-corrected chi connectivity index (χ0v) is 28.3. The molecule has 1 aliphatic heterocycles. The highest BCUT2D eigenvalue weighted by Crippen LogP contribution is 2.34. The minimum Gasteiger partial charge on any atom is -0.229 e. The van der Waals surface area contributed by atoms with E-state index in [0.717, 1.165) is 8.61 Å². The molecule has 0 bridgehead atoms. The van der Waals surface area contributed by atoms with Crippen LogP contribution in [0, 0.1) is 0 Å². The molecule has 0 amide bonds. The molecule has 0 aromatic heterocycles. The quantitative estimate of drug-likeness (QED) is 0.212. The first-order valence-corrected chi connectivity index (χ1v) is 19.5. The van der Waals surface area contributed by atoms with Crippen molar-refractivity contribution in [2.75, 3.05) is 11.5 Å². The first-order valence-electron chi connectivity index (χ1n) is 13.2. The zero-order chi connectivity index (χ0) is 30.8. The molecule has 0 N–H and O–H groups in total. The molecule has 1 aliphatic rings. The van der Waals surface area contributed by atoms with Crippen molar-refractivity contribution < 1.29 is 25.3 Å². The van der Waals surface area contributed by atoms with Gasteiger partial charge in [-0.05, 0) is 59.7 Å². The van der Waals surface area contributed by atoms with Gasteiger partial charge in [0, 0.05) is 22.0 Å². The van der Waals surface area contributed by atoms with Gasteiger partial charge < -0.3 is 0 Å². The average Bonchev–Trinajstić information content (AvgIpc) is 3.30. The summed E-state index contributed by atoms with van der Waals surface area (Å²) in [5, 5.41) is 0. The summed E-state index contributed by atoms with van der Waals surface area (Å²) in [6.45, 7) is -0.291. The Labute approximate surface area is 269 Å². The third kappa shape index (κ3) is 7.30. The van der Waals surface area contributed by atoms with E-state index in [2.05, 4.69) is 31.9 Å². The van der Waals surface area contributed by atoms with Crippen LogP contribution in [0.5, 0.6) is 0 Å². The number of nitrogens with zero attached hydrogens (tertiary/aromatic N) is 2. The highest BCUT2D eigenvalue weighted by molar-refractivity contribution is 9.10. The largest absolute Gasteiger partial charge is 0.243 e. The van der Waals surface area contributed by atoms with Gasteiger partial charge in [0.05, 0.1) is 33.4 Å². The lowest BCUT2D eigenvalue weighted by Gasteiger charge is -2.36. The predicted molar refractivity (Wildman–Crippen MR) is 173 cm³/mol. The molecule has 0 spiro atoms. The minimum atomic E-state index is -4.28. The van der Waals surface area contributed by atoms with Crippen LogP contribution in [0.25, 0.3) is 0 Å². The Bertz CT molecular complexity index is 1760. The predicted octanol–water partition coefficient (Wildman–Crippen LogP) is 5.46. The van der Waals surface area contributed by atoms with Crippen LogP contribution in [-0.4, -0.2) is 57.5 Å². The second-order valence-electron chi connectivity index (χ2n) is 10.2. The van der Waals surface area contributed by atoms with E-state index in [9.17, 15) is 25.3 Å². The molecule has 0 aliphatic carbocycles. The summed E-state index contributed by atoms with van der Waals surface area (Å²) in [7, 11) is -12.4.